The van der Waals surface area contributed by atoms with Crippen molar-refractivity contribution in [1.29, 1.82) is 0 Å². The van der Waals surface area contributed by atoms with E-state index >= 15 is 0 Å². The van der Waals surface area contributed by atoms with Gasteiger partial charge in [-0.25, -0.2) is 4.79 Å². The van der Waals surface area contributed by atoms with Crippen LogP contribution in [-0.4, -0.2) is 62.5 Å². The van der Waals surface area contributed by atoms with E-state index in [1.54, 1.807) is 7.11 Å². The first-order chi connectivity index (χ1) is 17.4. The number of nitrogens with zero attached hydrogens (tertiary/aromatic N) is 1. The minimum Gasteiger partial charge on any atom is -0.457 e. The molecule has 3 atom stereocenters. The van der Waals surface area contributed by atoms with Crippen LogP contribution in [0.5, 0.6) is 11.5 Å². The minimum absolute atomic E-state index is 0.0271. The van der Waals surface area contributed by atoms with Gasteiger partial charge in [0, 0.05) is 50.9 Å². The number of hydrogen-bond donors (Lipinski definition) is 3. The van der Waals surface area contributed by atoms with Crippen molar-refractivity contribution >= 4 is 6.03 Å². The number of para-hydroxylation sites is 1. The fourth-order valence-corrected chi connectivity index (χ4v) is 5.13. The first-order valence-corrected chi connectivity index (χ1v) is 13.1. The van der Waals surface area contributed by atoms with E-state index in [2.05, 4.69) is 10.6 Å². The van der Waals surface area contributed by atoms with Gasteiger partial charge in [0.25, 0.3) is 0 Å². The number of ether oxygens (including phenoxy) is 2. The van der Waals surface area contributed by atoms with Crippen molar-refractivity contribution in [2.75, 3.05) is 40.4 Å². The summed E-state index contributed by atoms with van der Waals surface area (Å²) < 4.78 is 11.6. The molecule has 1 aliphatic rings. The van der Waals surface area contributed by atoms with E-state index in [9.17, 15) is 9.90 Å². The van der Waals surface area contributed by atoms with Gasteiger partial charge in [-0.05, 0) is 76.8 Å². The smallest absolute Gasteiger partial charge is 0.317 e. The Balaban J connectivity index is 1.88. The Kier molecular flexibility index (Phi) is 10.6. The number of carbonyl (C=O) groups excluding carboxylic acids is 1. The lowest BCUT2D eigenvalue weighted by Gasteiger charge is -2.43. The molecule has 1 unspecified atom stereocenters. The molecule has 0 spiro atoms. The van der Waals surface area contributed by atoms with Crippen LogP contribution in [-0.2, 0) is 10.3 Å². The van der Waals surface area contributed by atoms with Crippen LogP contribution in [0, 0.1) is 12.8 Å². The maximum atomic E-state index is 13.0. The molecule has 0 radical (unpaired) electrons. The van der Waals surface area contributed by atoms with Crippen LogP contribution >= 0.6 is 0 Å². The Morgan fingerprint density at radius 1 is 1.22 bits per heavy atom. The van der Waals surface area contributed by atoms with Crippen LogP contribution in [0.3, 0.4) is 0 Å². The van der Waals surface area contributed by atoms with Gasteiger partial charge in [0.2, 0.25) is 0 Å². The monoisotopic (exact) mass is 497 g/mol. The van der Waals surface area contributed by atoms with E-state index in [1.807, 2.05) is 74.3 Å². The second-order valence-corrected chi connectivity index (χ2v) is 9.98. The highest BCUT2D eigenvalue weighted by Gasteiger charge is 2.43. The zero-order valence-corrected chi connectivity index (χ0v) is 22.3. The van der Waals surface area contributed by atoms with Crippen LogP contribution in [0.4, 0.5) is 4.79 Å². The first kappa shape index (κ1) is 28.0. The van der Waals surface area contributed by atoms with Crippen molar-refractivity contribution < 1.29 is 19.4 Å². The highest BCUT2D eigenvalue weighted by molar-refractivity contribution is 5.74. The van der Waals surface area contributed by atoms with Crippen molar-refractivity contribution in [3.05, 3.63) is 59.7 Å². The van der Waals surface area contributed by atoms with Crippen molar-refractivity contribution in [2.45, 2.75) is 57.6 Å². The highest BCUT2D eigenvalue weighted by atomic mass is 16.5. The molecular weight excluding hydrogens is 454 g/mol. The molecule has 7 nitrogen and oxygen atoms in total. The topological polar surface area (TPSA) is 83.1 Å². The summed E-state index contributed by atoms with van der Waals surface area (Å²) in [4.78, 5) is 14.8. The van der Waals surface area contributed by atoms with Crippen molar-refractivity contribution in [1.82, 2.24) is 15.5 Å². The molecule has 1 fully saturated rings. The fraction of sp³-hybridized carbons (Fsp3) is 0.552. The number of likely N-dealkylation sites (tertiary alicyclic amines) is 1. The lowest BCUT2D eigenvalue weighted by molar-refractivity contribution is -0.0574. The lowest BCUT2D eigenvalue weighted by atomic mass is 9.73. The van der Waals surface area contributed by atoms with E-state index in [4.69, 9.17) is 9.47 Å². The van der Waals surface area contributed by atoms with Gasteiger partial charge in [0.1, 0.15) is 11.5 Å². The number of amides is 2. The third-order valence-electron chi connectivity index (χ3n) is 6.99. The molecule has 2 amide bonds. The predicted octanol–water partition coefficient (Wildman–Crippen LogP) is 4.82. The number of benzene rings is 2. The van der Waals surface area contributed by atoms with E-state index < -0.39 is 5.60 Å². The van der Waals surface area contributed by atoms with E-state index in [0.29, 0.717) is 38.4 Å². The average Bonchev–Trinajstić information content (AvgIpc) is 2.87. The molecule has 0 bridgehead atoms. The number of methoxy groups -OCH3 is 1. The number of piperidine rings is 1. The molecule has 7 heteroatoms. The van der Waals surface area contributed by atoms with Gasteiger partial charge in [0.15, 0.2) is 0 Å². The number of hydrogen-bond acceptors (Lipinski definition) is 5. The van der Waals surface area contributed by atoms with E-state index in [-0.39, 0.29) is 18.0 Å². The molecule has 2 aromatic rings. The summed E-state index contributed by atoms with van der Waals surface area (Å²) in [5.41, 5.74) is 0.755. The number of likely N-dealkylation sites (N-methyl/N-ethyl adjacent to an activating group) is 1. The van der Waals surface area contributed by atoms with Crippen molar-refractivity contribution in [2.24, 2.45) is 5.92 Å². The van der Waals surface area contributed by atoms with Crippen LogP contribution < -0.4 is 15.4 Å². The third kappa shape index (κ3) is 7.45. The molecule has 3 rings (SSSR count). The van der Waals surface area contributed by atoms with Gasteiger partial charge in [-0.2, -0.15) is 0 Å². The largest absolute Gasteiger partial charge is 0.457 e. The molecule has 2 aromatic carbocycles. The average molecular weight is 498 g/mol. The second-order valence-electron chi connectivity index (χ2n) is 9.98. The fourth-order valence-electron chi connectivity index (χ4n) is 5.13. The summed E-state index contributed by atoms with van der Waals surface area (Å²) in [6, 6.07) is 15.6. The summed E-state index contributed by atoms with van der Waals surface area (Å²) in [5.74, 6) is 1.29. The highest BCUT2D eigenvalue weighted by Crippen LogP contribution is 2.44. The Hall–Kier alpha value is -2.61. The first-order valence-electron chi connectivity index (χ1n) is 13.1. The van der Waals surface area contributed by atoms with E-state index in [0.717, 1.165) is 42.6 Å². The Labute approximate surface area is 216 Å². The zero-order valence-electron chi connectivity index (χ0n) is 22.3. The van der Waals surface area contributed by atoms with Gasteiger partial charge >= 0.3 is 6.03 Å². The summed E-state index contributed by atoms with van der Waals surface area (Å²) >= 11 is 0. The predicted molar refractivity (Wildman–Crippen MR) is 144 cm³/mol. The summed E-state index contributed by atoms with van der Waals surface area (Å²) in [5, 5.41) is 18.6. The van der Waals surface area contributed by atoms with Gasteiger partial charge in [-0.1, -0.05) is 30.3 Å². The summed E-state index contributed by atoms with van der Waals surface area (Å²) in [6.45, 7) is 6.56. The minimum atomic E-state index is -1.14. The molecule has 198 valence electrons. The van der Waals surface area contributed by atoms with Gasteiger partial charge in [-0.15, -0.1) is 0 Å². The normalized spacial score (nSPS) is 18.4. The second kappa shape index (κ2) is 13.6. The molecule has 36 heavy (non-hydrogen) atoms. The van der Waals surface area contributed by atoms with Gasteiger partial charge < -0.3 is 30.1 Å². The third-order valence-corrected chi connectivity index (χ3v) is 6.99. The maximum absolute atomic E-state index is 13.0. The van der Waals surface area contributed by atoms with Crippen molar-refractivity contribution in [3.63, 3.8) is 0 Å². The lowest BCUT2D eigenvalue weighted by Crippen LogP contribution is -2.53. The molecule has 0 aromatic heterocycles. The van der Waals surface area contributed by atoms with E-state index in [1.165, 1.54) is 0 Å². The van der Waals surface area contributed by atoms with Crippen molar-refractivity contribution in [3.8, 4) is 11.5 Å². The molecule has 1 heterocycles. The Morgan fingerprint density at radius 2 is 2.03 bits per heavy atom. The number of nitrogens with one attached hydrogen (secondary N) is 2. The zero-order chi connectivity index (χ0) is 26.0. The number of carbonyl (C=O) groups is 1. The quantitative estimate of drug-likeness (QED) is 0.366. The summed E-state index contributed by atoms with van der Waals surface area (Å²) in [7, 11) is 3.57. The number of urea groups is 1. The SMILES string of the molecule is CNCC(C)NC(=O)N1CCC[C@@H]([C@@](O)(CCCCOC)c2ccccc2Oc2cccc(C)c2)C1. The van der Waals surface area contributed by atoms with Crippen LogP contribution in [0.15, 0.2) is 48.5 Å². The van der Waals surface area contributed by atoms with Gasteiger partial charge in [-0.3, -0.25) is 0 Å². The molecule has 0 aliphatic carbocycles. The number of aliphatic hydroxyl groups is 1. The number of unbranched alkanes of at least 4 members (excludes halogenated alkanes) is 1. The molecule has 3 N–H and O–H groups in total. The van der Waals surface area contributed by atoms with Crippen LogP contribution in [0.1, 0.15) is 50.2 Å². The Bertz CT molecular complexity index is 969. The van der Waals surface area contributed by atoms with Crippen LogP contribution in [0.2, 0.25) is 0 Å². The molecule has 1 saturated heterocycles. The molecule has 1 aliphatic heterocycles. The van der Waals surface area contributed by atoms with Crippen LogP contribution in [0.25, 0.3) is 0 Å². The Morgan fingerprint density at radius 3 is 2.78 bits per heavy atom. The number of rotatable bonds is 12. The molecular formula is C29H43N3O4. The molecule has 0 saturated carbocycles. The maximum Gasteiger partial charge on any atom is 0.317 e. The van der Waals surface area contributed by atoms with Gasteiger partial charge in [0.05, 0.1) is 5.60 Å². The summed E-state index contributed by atoms with van der Waals surface area (Å²) in [6.07, 6.45) is 3.93. The number of aryl methyl sites for hydroxylation is 1. The standard InChI is InChI=1S/C29H43N3O4/c1-22-11-9-13-25(19-22)36-27-15-6-5-14-26(27)29(34,16-7-8-18-35-4)24-12-10-17-32(21-24)28(33)31-23(2)20-30-3/h5-6,9,11,13-15,19,23-24,30,34H,7-8,10,12,16-18,20-21H2,1-4H3,(H,31,33)/t23?,24-,29+/m1/s1.